The number of aromatic amines is 1. The fraction of sp³-hybridized carbons (Fsp3) is 0.125. The van der Waals surface area contributed by atoms with Crippen molar-refractivity contribution in [1.82, 2.24) is 9.97 Å². The fourth-order valence-corrected chi connectivity index (χ4v) is 3.72. The van der Waals surface area contributed by atoms with E-state index >= 15 is 0 Å². The summed E-state index contributed by atoms with van der Waals surface area (Å²) in [6.07, 6.45) is 3.57. The van der Waals surface area contributed by atoms with E-state index in [4.69, 9.17) is 0 Å². The molecular weight excluding hydrogens is 359 g/mol. The molecule has 140 valence electrons. The molecule has 0 aliphatic rings. The number of nitrogens with one attached hydrogen (secondary N) is 1. The van der Waals surface area contributed by atoms with Crippen LogP contribution < -0.4 is 10.9 Å². The van der Waals surface area contributed by atoms with Gasteiger partial charge >= 0.3 is 0 Å². The fourth-order valence-electron chi connectivity index (χ4n) is 2.99. The van der Waals surface area contributed by atoms with E-state index in [1.54, 1.807) is 6.20 Å². The van der Waals surface area contributed by atoms with Gasteiger partial charge in [0.05, 0.1) is 0 Å². The molecular formula is C24H25BN2S. The predicted octanol–water partition coefficient (Wildman–Crippen LogP) is 5.11. The van der Waals surface area contributed by atoms with E-state index in [2.05, 4.69) is 78.3 Å². The van der Waals surface area contributed by atoms with E-state index in [1.165, 1.54) is 15.8 Å². The second kappa shape index (κ2) is 10.6. The minimum absolute atomic E-state index is 0.466. The molecule has 0 spiro atoms. The number of benzene rings is 3. The number of nitrogens with zero attached hydrogens (tertiary/aromatic N) is 1. The average Bonchev–Trinajstić information content (AvgIpc) is 3.30. The van der Waals surface area contributed by atoms with Gasteiger partial charge in [-0.25, -0.2) is 4.98 Å². The van der Waals surface area contributed by atoms with Crippen LogP contribution in [-0.4, -0.2) is 22.4 Å². The smallest absolute Gasteiger partial charge is 0.206 e. The largest absolute Gasteiger partial charge is 0.345 e. The van der Waals surface area contributed by atoms with Crippen LogP contribution in [0.1, 0.15) is 6.92 Å². The molecule has 2 nitrogen and oxygen atoms in total. The Morgan fingerprint density at radius 3 is 2.18 bits per heavy atom. The molecule has 1 N–H and O–H groups in total. The Balaban J connectivity index is 0.000000176. The molecule has 0 saturated carbocycles. The van der Waals surface area contributed by atoms with Crippen LogP contribution in [0.15, 0.2) is 102 Å². The van der Waals surface area contributed by atoms with Crippen molar-refractivity contribution in [2.45, 2.75) is 18.6 Å². The third-order valence-corrected chi connectivity index (χ3v) is 5.39. The zero-order valence-electron chi connectivity index (χ0n) is 16.4. The Bertz CT molecular complexity index is 941. The van der Waals surface area contributed by atoms with Gasteiger partial charge in [0.2, 0.25) is 6.71 Å². The van der Waals surface area contributed by atoms with Crippen molar-refractivity contribution in [3.8, 4) is 11.4 Å². The van der Waals surface area contributed by atoms with Crippen molar-refractivity contribution in [3.63, 3.8) is 0 Å². The first-order valence-electron chi connectivity index (χ1n) is 9.60. The van der Waals surface area contributed by atoms with Crippen molar-refractivity contribution in [2.24, 2.45) is 0 Å². The van der Waals surface area contributed by atoms with Gasteiger partial charge in [-0.1, -0.05) is 104 Å². The zero-order valence-corrected chi connectivity index (χ0v) is 17.2. The molecule has 28 heavy (non-hydrogen) atoms. The first-order valence-corrected chi connectivity index (χ1v) is 10.6. The molecule has 0 amide bonds. The molecule has 1 heterocycles. The molecule has 3 aromatic carbocycles. The highest BCUT2D eigenvalue weighted by molar-refractivity contribution is 7.99. The summed E-state index contributed by atoms with van der Waals surface area (Å²) in [5.41, 5.74) is 3.90. The Hall–Kier alpha value is -2.72. The molecule has 4 rings (SSSR count). The maximum absolute atomic E-state index is 4.13. The average molecular weight is 384 g/mol. The lowest BCUT2D eigenvalue weighted by Gasteiger charge is -2.10. The SMILES string of the molecule is CCSc1cccc(B(C)c2ccccc2)c1.c1ccc(-c2ncc[nH]2)cc1. The van der Waals surface area contributed by atoms with Gasteiger partial charge in [-0.2, -0.15) is 0 Å². The van der Waals surface area contributed by atoms with Gasteiger partial charge in [0, 0.05) is 22.9 Å². The topological polar surface area (TPSA) is 28.7 Å². The van der Waals surface area contributed by atoms with Gasteiger partial charge in [0.25, 0.3) is 0 Å². The predicted molar refractivity (Wildman–Crippen MR) is 124 cm³/mol. The van der Waals surface area contributed by atoms with Crippen molar-refractivity contribution in [2.75, 3.05) is 5.75 Å². The first kappa shape index (κ1) is 20.0. The quantitative estimate of drug-likeness (QED) is 0.382. The molecule has 0 unspecified atom stereocenters. The highest BCUT2D eigenvalue weighted by Crippen LogP contribution is 2.15. The number of hydrogen-bond donors (Lipinski definition) is 1. The summed E-state index contributed by atoms with van der Waals surface area (Å²) in [4.78, 5) is 8.54. The van der Waals surface area contributed by atoms with Crippen LogP contribution in [0.4, 0.5) is 0 Å². The highest BCUT2D eigenvalue weighted by atomic mass is 32.2. The van der Waals surface area contributed by atoms with Gasteiger partial charge in [-0.15, -0.1) is 11.8 Å². The molecule has 4 heteroatoms. The van der Waals surface area contributed by atoms with Crippen LogP contribution in [-0.2, 0) is 0 Å². The van der Waals surface area contributed by atoms with Crippen LogP contribution in [0.3, 0.4) is 0 Å². The van der Waals surface area contributed by atoms with Gasteiger partial charge in [-0.05, 0) is 11.8 Å². The second-order valence-corrected chi connectivity index (χ2v) is 7.78. The van der Waals surface area contributed by atoms with Crippen LogP contribution in [0.25, 0.3) is 11.4 Å². The summed E-state index contributed by atoms with van der Waals surface area (Å²) < 4.78 is 0. The van der Waals surface area contributed by atoms with E-state index in [1.807, 2.05) is 48.3 Å². The van der Waals surface area contributed by atoms with Crippen molar-refractivity contribution < 1.29 is 0 Å². The lowest BCUT2D eigenvalue weighted by molar-refractivity contribution is 1.31. The van der Waals surface area contributed by atoms with Crippen molar-refractivity contribution in [3.05, 3.63) is 97.3 Å². The number of rotatable bonds is 5. The molecule has 0 aliphatic heterocycles. The minimum Gasteiger partial charge on any atom is -0.345 e. The third kappa shape index (κ3) is 5.64. The van der Waals surface area contributed by atoms with Crippen molar-refractivity contribution in [1.29, 1.82) is 0 Å². The third-order valence-electron chi connectivity index (χ3n) is 4.51. The first-order chi connectivity index (χ1) is 13.8. The van der Waals surface area contributed by atoms with Gasteiger partial charge in [0.1, 0.15) is 5.82 Å². The summed E-state index contributed by atoms with van der Waals surface area (Å²) >= 11 is 1.90. The summed E-state index contributed by atoms with van der Waals surface area (Å²) in [5, 5.41) is 0. The normalized spacial score (nSPS) is 10.1. The number of thioether (sulfide) groups is 1. The van der Waals surface area contributed by atoms with Crippen LogP contribution in [0, 0.1) is 0 Å². The molecule has 0 atom stereocenters. The lowest BCUT2D eigenvalue weighted by Crippen LogP contribution is -2.38. The number of aromatic nitrogens is 2. The Morgan fingerprint density at radius 2 is 1.54 bits per heavy atom. The van der Waals surface area contributed by atoms with E-state index < -0.39 is 0 Å². The maximum atomic E-state index is 4.13. The molecule has 0 bridgehead atoms. The Labute approximate surface area is 172 Å². The molecule has 0 aliphatic carbocycles. The van der Waals surface area contributed by atoms with E-state index in [0.29, 0.717) is 6.71 Å². The summed E-state index contributed by atoms with van der Waals surface area (Å²) in [6.45, 7) is 4.93. The molecule has 0 radical (unpaired) electrons. The van der Waals surface area contributed by atoms with Crippen molar-refractivity contribution >= 4 is 29.4 Å². The minimum atomic E-state index is 0.466. The monoisotopic (exact) mass is 384 g/mol. The molecule has 0 saturated heterocycles. The summed E-state index contributed by atoms with van der Waals surface area (Å²) in [5.74, 6) is 2.05. The number of imidazole rings is 1. The Kier molecular flexibility index (Phi) is 7.57. The summed E-state index contributed by atoms with van der Waals surface area (Å²) in [7, 11) is 0. The van der Waals surface area contributed by atoms with Gasteiger partial charge in [0.15, 0.2) is 0 Å². The van der Waals surface area contributed by atoms with Crippen LogP contribution in [0.2, 0.25) is 6.82 Å². The van der Waals surface area contributed by atoms with Gasteiger partial charge < -0.3 is 4.98 Å². The van der Waals surface area contributed by atoms with Gasteiger partial charge in [-0.3, -0.25) is 0 Å². The molecule has 1 aromatic heterocycles. The highest BCUT2D eigenvalue weighted by Gasteiger charge is 2.12. The lowest BCUT2D eigenvalue weighted by atomic mass is 9.43. The van der Waals surface area contributed by atoms with Crippen LogP contribution in [0.5, 0.6) is 0 Å². The number of hydrogen-bond acceptors (Lipinski definition) is 2. The van der Waals surface area contributed by atoms with E-state index in [-0.39, 0.29) is 0 Å². The molecule has 0 fully saturated rings. The zero-order chi connectivity index (χ0) is 19.6. The van der Waals surface area contributed by atoms with Crippen LogP contribution >= 0.6 is 11.8 Å². The Morgan fingerprint density at radius 1 is 0.857 bits per heavy atom. The second-order valence-electron chi connectivity index (χ2n) is 6.44. The van der Waals surface area contributed by atoms with E-state index in [9.17, 15) is 0 Å². The summed E-state index contributed by atoms with van der Waals surface area (Å²) in [6, 6.07) is 29.6. The standard InChI is InChI=1S/C15H17BS.C9H8N2/c1-3-17-15-11-7-10-14(12-15)16(2)13-8-5-4-6-9-13;1-2-4-8(5-3-1)9-10-6-7-11-9/h4-12H,3H2,1-2H3;1-7H,(H,10,11). The molecule has 4 aromatic rings. The van der Waals surface area contributed by atoms with E-state index in [0.717, 1.165) is 17.1 Å². The number of H-pyrrole nitrogens is 1. The maximum Gasteiger partial charge on any atom is 0.206 e.